The third-order valence-electron chi connectivity index (χ3n) is 2.99. The molecule has 1 aromatic carbocycles. The van der Waals surface area contributed by atoms with Crippen molar-refractivity contribution in [2.45, 2.75) is 13.8 Å². The number of benzene rings is 1. The highest BCUT2D eigenvalue weighted by atomic mass is 79.9. The van der Waals surface area contributed by atoms with E-state index in [9.17, 15) is 4.79 Å². The number of ether oxygens (including phenoxy) is 1. The molecule has 1 N–H and O–H groups in total. The van der Waals surface area contributed by atoms with Crippen molar-refractivity contribution in [3.63, 3.8) is 0 Å². The first-order chi connectivity index (χ1) is 8.51. The fourth-order valence-electron chi connectivity index (χ4n) is 1.92. The van der Waals surface area contributed by atoms with Crippen LogP contribution in [0.25, 0.3) is 0 Å². The second-order valence-electron chi connectivity index (χ2n) is 4.62. The van der Waals surface area contributed by atoms with Gasteiger partial charge in [0, 0.05) is 16.9 Å². The second kappa shape index (κ2) is 6.90. The molecule has 3 nitrogen and oxygen atoms in total. The van der Waals surface area contributed by atoms with Crippen LogP contribution in [0.3, 0.4) is 0 Å². The van der Waals surface area contributed by atoms with Crippen molar-refractivity contribution in [3.8, 4) is 5.75 Å². The van der Waals surface area contributed by atoms with E-state index >= 15 is 0 Å². The molecule has 1 rings (SSSR count). The maximum atomic E-state index is 12.6. The van der Waals surface area contributed by atoms with Gasteiger partial charge in [-0.3, -0.25) is 4.79 Å². The molecule has 0 radical (unpaired) electrons. The van der Waals surface area contributed by atoms with E-state index in [1.807, 2.05) is 25.2 Å². The van der Waals surface area contributed by atoms with Crippen molar-refractivity contribution in [2.75, 3.05) is 20.7 Å². The molecule has 1 unspecified atom stereocenters. The Bertz CT molecular complexity index is 418. The lowest BCUT2D eigenvalue weighted by molar-refractivity contribution is 0.0883. The van der Waals surface area contributed by atoms with Crippen LogP contribution >= 0.6 is 15.9 Å². The van der Waals surface area contributed by atoms with Crippen LogP contribution in [0.15, 0.2) is 22.7 Å². The number of carbonyl (C=O) groups excluding carboxylic acids is 1. The van der Waals surface area contributed by atoms with E-state index < -0.39 is 0 Å². The van der Waals surface area contributed by atoms with E-state index in [0.717, 1.165) is 4.47 Å². The van der Waals surface area contributed by atoms with Crippen LogP contribution in [-0.4, -0.2) is 26.5 Å². The van der Waals surface area contributed by atoms with Gasteiger partial charge in [0.05, 0.1) is 12.7 Å². The number of nitrogens with one attached hydrogen (secondary N) is 1. The summed E-state index contributed by atoms with van der Waals surface area (Å²) in [5.74, 6) is 0.995. The monoisotopic (exact) mass is 313 g/mol. The highest BCUT2D eigenvalue weighted by Crippen LogP contribution is 2.27. The number of hydrogen-bond acceptors (Lipinski definition) is 3. The largest absolute Gasteiger partial charge is 0.496 e. The molecule has 4 heteroatoms. The van der Waals surface area contributed by atoms with Gasteiger partial charge in [-0.25, -0.2) is 0 Å². The van der Waals surface area contributed by atoms with Gasteiger partial charge in [0.2, 0.25) is 0 Å². The van der Waals surface area contributed by atoms with Crippen LogP contribution in [0, 0.1) is 11.8 Å². The normalized spacial score (nSPS) is 12.6. The third-order valence-corrected chi connectivity index (χ3v) is 3.49. The fourth-order valence-corrected chi connectivity index (χ4v) is 2.28. The highest BCUT2D eigenvalue weighted by molar-refractivity contribution is 9.10. The molecule has 100 valence electrons. The lowest BCUT2D eigenvalue weighted by Gasteiger charge is -2.20. The predicted molar refractivity (Wildman–Crippen MR) is 77.3 cm³/mol. The van der Waals surface area contributed by atoms with Crippen LogP contribution in [0.1, 0.15) is 24.2 Å². The molecular weight excluding hydrogens is 294 g/mol. The quantitative estimate of drug-likeness (QED) is 0.820. The molecule has 0 saturated carbocycles. The van der Waals surface area contributed by atoms with Crippen LogP contribution < -0.4 is 10.1 Å². The topological polar surface area (TPSA) is 38.3 Å². The van der Waals surface area contributed by atoms with Crippen molar-refractivity contribution in [2.24, 2.45) is 11.8 Å². The number of ketones is 1. The number of hydrogen-bond donors (Lipinski definition) is 1. The molecule has 1 atom stereocenters. The molecule has 0 saturated heterocycles. The summed E-state index contributed by atoms with van der Waals surface area (Å²) in [7, 11) is 3.45. The minimum absolute atomic E-state index is 0.0433. The Balaban J connectivity index is 3.11. The predicted octanol–water partition coefficient (Wildman–Crippen LogP) is 3.13. The van der Waals surface area contributed by atoms with E-state index in [0.29, 0.717) is 17.9 Å². The molecule has 0 spiro atoms. The number of Topliss-reactive ketones (excluding diaryl/α,β-unsaturated/α-hetero) is 1. The van der Waals surface area contributed by atoms with Gasteiger partial charge in [0.25, 0.3) is 0 Å². The van der Waals surface area contributed by atoms with E-state index in [1.54, 1.807) is 7.11 Å². The van der Waals surface area contributed by atoms with E-state index in [4.69, 9.17) is 4.74 Å². The van der Waals surface area contributed by atoms with Gasteiger partial charge < -0.3 is 10.1 Å². The Kier molecular flexibility index (Phi) is 5.82. The smallest absolute Gasteiger partial charge is 0.171 e. The maximum Gasteiger partial charge on any atom is 0.171 e. The zero-order chi connectivity index (χ0) is 13.7. The summed E-state index contributed by atoms with van der Waals surface area (Å²) >= 11 is 3.40. The van der Waals surface area contributed by atoms with Gasteiger partial charge in [-0.2, -0.15) is 0 Å². The van der Waals surface area contributed by atoms with Crippen molar-refractivity contribution in [1.82, 2.24) is 5.32 Å². The number of halogens is 1. The van der Waals surface area contributed by atoms with Gasteiger partial charge in [0.15, 0.2) is 5.78 Å². The Morgan fingerprint density at radius 1 is 1.44 bits per heavy atom. The molecule has 1 aromatic rings. The molecule has 0 aliphatic heterocycles. The van der Waals surface area contributed by atoms with Gasteiger partial charge >= 0.3 is 0 Å². The van der Waals surface area contributed by atoms with Crippen molar-refractivity contribution in [3.05, 3.63) is 28.2 Å². The molecule has 0 heterocycles. The average Bonchev–Trinajstić information content (AvgIpc) is 2.34. The zero-order valence-corrected chi connectivity index (χ0v) is 12.9. The fraction of sp³-hybridized carbons (Fsp3) is 0.500. The summed E-state index contributed by atoms with van der Waals surface area (Å²) in [6, 6.07) is 5.51. The summed E-state index contributed by atoms with van der Waals surface area (Å²) in [4.78, 5) is 12.6. The first-order valence-electron chi connectivity index (χ1n) is 6.03. The molecule has 0 aromatic heterocycles. The standard InChI is InChI=1S/C14H20BrNO2/c1-9(2)12(8-16-3)14(17)11-7-10(15)5-6-13(11)18-4/h5-7,9,12,16H,8H2,1-4H3. The molecule has 0 bridgehead atoms. The number of carbonyl (C=O) groups is 1. The third kappa shape index (κ3) is 3.56. The number of rotatable bonds is 6. The van der Waals surface area contributed by atoms with Crippen LogP contribution in [0.4, 0.5) is 0 Å². The van der Waals surface area contributed by atoms with Crippen LogP contribution in [0.2, 0.25) is 0 Å². The minimum Gasteiger partial charge on any atom is -0.496 e. The van der Waals surface area contributed by atoms with Gasteiger partial charge in [-0.15, -0.1) is 0 Å². The van der Waals surface area contributed by atoms with Gasteiger partial charge in [0.1, 0.15) is 5.75 Å². The summed E-state index contributed by atoms with van der Waals surface area (Å²) in [6.45, 7) is 4.79. The zero-order valence-electron chi connectivity index (χ0n) is 11.3. The SMILES string of the molecule is CNCC(C(=O)c1cc(Br)ccc1OC)C(C)C. The second-order valence-corrected chi connectivity index (χ2v) is 5.53. The van der Waals surface area contributed by atoms with Crippen LogP contribution in [0.5, 0.6) is 5.75 Å². The van der Waals surface area contributed by atoms with Gasteiger partial charge in [-0.1, -0.05) is 29.8 Å². The maximum absolute atomic E-state index is 12.6. The number of methoxy groups -OCH3 is 1. The first-order valence-corrected chi connectivity index (χ1v) is 6.83. The first kappa shape index (κ1) is 15.2. The molecular formula is C14H20BrNO2. The summed E-state index contributed by atoms with van der Waals surface area (Å²) < 4.78 is 6.16. The van der Waals surface area contributed by atoms with E-state index in [2.05, 4.69) is 35.1 Å². The lowest BCUT2D eigenvalue weighted by atomic mass is 9.87. The molecule has 0 fully saturated rings. The highest BCUT2D eigenvalue weighted by Gasteiger charge is 2.25. The van der Waals surface area contributed by atoms with E-state index in [1.165, 1.54) is 0 Å². The van der Waals surface area contributed by atoms with Crippen molar-refractivity contribution < 1.29 is 9.53 Å². The van der Waals surface area contributed by atoms with E-state index in [-0.39, 0.29) is 17.6 Å². The molecule has 0 amide bonds. The Labute approximate surface area is 117 Å². The van der Waals surface area contributed by atoms with Crippen molar-refractivity contribution >= 4 is 21.7 Å². The minimum atomic E-state index is -0.0433. The summed E-state index contributed by atoms with van der Waals surface area (Å²) in [6.07, 6.45) is 0. The Morgan fingerprint density at radius 3 is 2.61 bits per heavy atom. The summed E-state index contributed by atoms with van der Waals surface area (Å²) in [5, 5.41) is 3.08. The van der Waals surface area contributed by atoms with Crippen molar-refractivity contribution in [1.29, 1.82) is 0 Å². The molecule has 0 aliphatic rings. The van der Waals surface area contributed by atoms with Crippen LogP contribution in [-0.2, 0) is 0 Å². The average molecular weight is 314 g/mol. The van der Waals surface area contributed by atoms with Gasteiger partial charge in [-0.05, 0) is 31.2 Å². The summed E-state index contributed by atoms with van der Waals surface area (Å²) in [5.41, 5.74) is 0.640. The lowest BCUT2D eigenvalue weighted by Crippen LogP contribution is -2.30. The molecule has 18 heavy (non-hydrogen) atoms. The molecule has 0 aliphatic carbocycles. The Hall–Kier alpha value is -0.870. The Morgan fingerprint density at radius 2 is 2.11 bits per heavy atom.